The molecular weight excluding hydrogens is 803 g/mol. The number of hydrogen-bond donors (Lipinski definition) is 0. The summed E-state index contributed by atoms with van der Waals surface area (Å²) in [4.78, 5) is 10.2. The van der Waals surface area contributed by atoms with E-state index in [0.717, 1.165) is 77.6 Å². The molecule has 66 heavy (non-hydrogen) atoms. The first-order valence-electron chi connectivity index (χ1n) is 22.4. The van der Waals surface area contributed by atoms with Crippen molar-refractivity contribution in [1.82, 2.24) is 14.5 Å². The summed E-state index contributed by atoms with van der Waals surface area (Å²) in [7, 11) is 0. The van der Waals surface area contributed by atoms with Crippen LogP contribution in [-0.4, -0.2) is 14.5 Å². The van der Waals surface area contributed by atoms with E-state index < -0.39 is 0 Å². The van der Waals surface area contributed by atoms with Crippen molar-refractivity contribution in [3.8, 4) is 72.8 Å². The second-order valence-electron chi connectivity index (χ2n) is 17.0. The van der Waals surface area contributed by atoms with Crippen LogP contribution in [0.4, 0.5) is 0 Å². The fourth-order valence-corrected chi connectivity index (χ4v) is 9.74. The van der Waals surface area contributed by atoms with E-state index in [1.807, 2.05) is 18.2 Å². The van der Waals surface area contributed by atoms with E-state index in [-0.39, 0.29) is 0 Å². The van der Waals surface area contributed by atoms with Gasteiger partial charge in [-0.15, -0.1) is 0 Å². The maximum absolute atomic E-state index is 6.27. The molecule has 0 amide bonds. The Hall–Kier alpha value is -8.86. The second-order valence-corrected chi connectivity index (χ2v) is 17.0. The van der Waals surface area contributed by atoms with Crippen LogP contribution in [0.15, 0.2) is 241 Å². The normalized spacial score (nSPS) is 11.6. The van der Waals surface area contributed by atoms with Gasteiger partial charge < -0.3 is 8.98 Å². The van der Waals surface area contributed by atoms with Crippen molar-refractivity contribution in [3.05, 3.63) is 237 Å². The molecule has 0 unspecified atom stereocenters. The molecule has 308 valence electrons. The summed E-state index contributed by atoms with van der Waals surface area (Å²) < 4.78 is 8.66. The lowest BCUT2D eigenvalue weighted by Gasteiger charge is -2.12. The van der Waals surface area contributed by atoms with Crippen molar-refractivity contribution in [3.63, 3.8) is 0 Å². The highest BCUT2D eigenvalue weighted by atomic mass is 16.3. The molecule has 3 heterocycles. The van der Waals surface area contributed by atoms with Gasteiger partial charge in [-0.1, -0.05) is 170 Å². The third-order valence-electron chi connectivity index (χ3n) is 13.0. The monoisotopic (exact) mass is 841 g/mol. The molecule has 0 radical (unpaired) electrons. The minimum absolute atomic E-state index is 0.709. The Morgan fingerprint density at radius 1 is 0.288 bits per heavy atom. The summed E-state index contributed by atoms with van der Waals surface area (Å²) in [6.07, 6.45) is 0. The molecule has 0 aliphatic carbocycles. The summed E-state index contributed by atoms with van der Waals surface area (Å²) in [6.45, 7) is 0. The molecule has 0 aliphatic heterocycles. The van der Waals surface area contributed by atoms with E-state index in [1.165, 1.54) is 44.1 Å². The fraction of sp³-hybridized carbons (Fsp3) is 0. The van der Waals surface area contributed by atoms with E-state index in [0.29, 0.717) is 5.82 Å². The first-order valence-corrected chi connectivity index (χ1v) is 22.4. The lowest BCUT2D eigenvalue weighted by atomic mass is 9.97. The number of furan rings is 1. The van der Waals surface area contributed by atoms with Crippen LogP contribution in [-0.2, 0) is 0 Å². The summed E-state index contributed by atoms with van der Waals surface area (Å²) in [5, 5.41) is 5.73. The minimum Gasteiger partial charge on any atom is -0.456 e. The van der Waals surface area contributed by atoms with E-state index in [1.54, 1.807) is 0 Å². The lowest BCUT2D eigenvalue weighted by molar-refractivity contribution is 0.669. The third-order valence-corrected chi connectivity index (χ3v) is 13.0. The van der Waals surface area contributed by atoms with Gasteiger partial charge in [0.25, 0.3) is 0 Å². The van der Waals surface area contributed by atoms with Crippen molar-refractivity contribution in [1.29, 1.82) is 0 Å². The Morgan fingerprint density at radius 2 is 0.773 bits per heavy atom. The largest absolute Gasteiger partial charge is 0.456 e. The topological polar surface area (TPSA) is 43.9 Å². The number of fused-ring (bicyclic) bond motifs is 7. The van der Waals surface area contributed by atoms with E-state index in [9.17, 15) is 0 Å². The molecule has 13 rings (SSSR count). The average Bonchev–Trinajstić information content (AvgIpc) is 3.93. The third kappa shape index (κ3) is 6.46. The number of nitrogens with zero attached hydrogens (tertiary/aromatic N) is 3. The Labute approximate surface area is 381 Å². The fourth-order valence-electron chi connectivity index (χ4n) is 9.74. The van der Waals surface area contributed by atoms with Crippen LogP contribution in [0.5, 0.6) is 0 Å². The molecule has 13 aromatic rings. The van der Waals surface area contributed by atoms with Gasteiger partial charge in [0.1, 0.15) is 11.2 Å². The minimum atomic E-state index is 0.709. The highest BCUT2D eigenvalue weighted by Crippen LogP contribution is 2.39. The molecular formula is C62H39N3O. The van der Waals surface area contributed by atoms with Gasteiger partial charge in [0.15, 0.2) is 5.82 Å². The van der Waals surface area contributed by atoms with E-state index in [4.69, 9.17) is 14.4 Å². The van der Waals surface area contributed by atoms with E-state index >= 15 is 0 Å². The Balaban J connectivity index is 0.834. The van der Waals surface area contributed by atoms with Gasteiger partial charge in [-0.05, 0) is 111 Å². The molecule has 10 aromatic carbocycles. The van der Waals surface area contributed by atoms with Crippen LogP contribution in [0.1, 0.15) is 0 Å². The number of benzene rings is 10. The zero-order chi connectivity index (χ0) is 43.6. The van der Waals surface area contributed by atoms with Gasteiger partial charge in [-0.3, -0.25) is 0 Å². The zero-order valence-electron chi connectivity index (χ0n) is 35.8. The average molecular weight is 842 g/mol. The lowest BCUT2D eigenvalue weighted by Crippen LogP contribution is -1.96. The first-order chi connectivity index (χ1) is 32.7. The van der Waals surface area contributed by atoms with Crippen LogP contribution in [0.2, 0.25) is 0 Å². The van der Waals surface area contributed by atoms with Crippen LogP contribution in [0.25, 0.3) is 127 Å². The van der Waals surface area contributed by atoms with Crippen molar-refractivity contribution in [2.24, 2.45) is 0 Å². The van der Waals surface area contributed by atoms with Crippen molar-refractivity contribution >= 4 is 54.6 Å². The Morgan fingerprint density at radius 3 is 1.48 bits per heavy atom. The predicted molar refractivity (Wildman–Crippen MR) is 274 cm³/mol. The van der Waals surface area contributed by atoms with Gasteiger partial charge in [0, 0.05) is 43.7 Å². The first kappa shape index (κ1) is 37.7. The zero-order valence-corrected chi connectivity index (χ0v) is 35.8. The van der Waals surface area contributed by atoms with Crippen molar-refractivity contribution in [2.75, 3.05) is 0 Å². The Kier molecular flexibility index (Phi) is 8.81. The maximum Gasteiger partial charge on any atom is 0.160 e. The van der Waals surface area contributed by atoms with Gasteiger partial charge in [0.2, 0.25) is 0 Å². The van der Waals surface area contributed by atoms with Gasteiger partial charge >= 0.3 is 0 Å². The van der Waals surface area contributed by atoms with Crippen LogP contribution >= 0.6 is 0 Å². The molecule has 0 saturated heterocycles. The molecule has 0 bridgehead atoms. The van der Waals surface area contributed by atoms with Gasteiger partial charge in [0.05, 0.1) is 22.2 Å². The van der Waals surface area contributed by atoms with Gasteiger partial charge in [-0.25, -0.2) is 9.97 Å². The van der Waals surface area contributed by atoms with Crippen LogP contribution in [0.3, 0.4) is 0 Å². The van der Waals surface area contributed by atoms with Crippen LogP contribution < -0.4 is 0 Å². The molecule has 0 fully saturated rings. The summed E-state index contributed by atoms with van der Waals surface area (Å²) in [5.41, 5.74) is 18.4. The molecule has 3 aromatic heterocycles. The number of rotatable bonds is 7. The van der Waals surface area contributed by atoms with Crippen molar-refractivity contribution < 1.29 is 4.42 Å². The maximum atomic E-state index is 6.27. The highest BCUT2D eigenvalue weighted by molar-refractivity contribution is 6.11. The highest BCUT2D eigenvalue weighted by Gasteiger charge is 2.17. The smallest absolute Gasteiger partial charge is 0.160 e. The van der Waals surface area contributed by atoms with Crippen molar-refractivity contribution in [2.45, 2.75) is 0 Å². The molecule has 0 saturated carbocycles. The molecule has 0 N–H and O–H groups in total. The van der Waals surface area contributed by atoms with Crippen LogP contribution in [0, 0.1) is 0 Å². The summed E-state index contributed by atoms with van der Waals surface area (Å²) in [6, 6.07) is 84.1. The number of para-hydroxylation sites is 2. The second kappa shape index (κ2) is 15.4. The van der Waals surface area contributed by atoms with Gasteiger partial charge in [-0.2, -0.15) is 0 Å². The molecule has 4 heteroatoms. The quantitative estimate of drug-likeness (QED) is 0.161. The SMILES string of the molecule is c1ccc(-c2ccc3oc4ccc(-c5ccc(-c6ccc7c(c6)c6ccccc6n7-c6cccc(-c7cccc(-c8nc(-c9ccccc9)c9ccccc9n8)c7)c6)cc5)cc4c3c2)cc1. The Bertz CT molecular complexity index is 3980. The molecule has 4 nitrogen and oxygen atoms in total. The summed E-state index contributed by atoms with van der Waals surface area (Å²) in [5.74, 6) is 0.709. The standard InChI is InChI=1S/C62H39N3O/c1-3-13-40(14-4-1)47-30-33-59-54(38-47)55-39-48(31-34-60(55)66-59)42-27-25-41(26-28-42)46-29-32-58-53(37-46)51-21-8-10-24-57(51)65(58)50-20-12-18-45(36-50)44-17-11-19-49(35-44)62-63-56-23-9-7-22-52(56)61(64-62)43-15-5-2-6-16-43/h1-39H. The summed E-state index contributed by atoms with van der Waals surface area (Å²) >= 11 is 0. The number of aromatic nitrogens is 3. The predicted octanol–water partition coefficient (Wildman–Crippen LogP) is 16.6. The van der Waals surface area contributed by atoms with E-state index in [2.05, 4.69) is 223 Å². The molecule has 0 aliphatic rings. The molecule has 0 spiro atoms. The number of hydrogen-bond acceptors (Lipinski definition) is 3. The molecule has 0 atom stereocenters.